The Kier molecular flexibility index (Phi) is 5.57. The maximum absolute atomic E-state index is 12.4. The first-order chi connectivity index (χ1) is 13.0. The van der Waals surface area contributed by atoms with E-state index in [1.165, 1.54) is 0 Å². The van der Waals surface area contributed by atoms with Gasteiger partial charge >= 0.3 is 6.03 Å². The Hall–Kier alpha value is -3.12. The summed E-state index contributed by atoms with van der Waals surface area (Å²) in [5.74, 6) is 0.689. The molecule has 0 radical (unpaired) electrons. The SMILES string of the molecule is CC(C)c1cc(NC(=O)Nc2ccc(Cl)cc2)n(-c2cccc(C=O)c2)n1. The fourth-order valence-corrected chi connectivity index (χ4v) is 2.64. The molecule has 0 saturated carbocycles. The van der Waals surface area contributed by atoms with E-state index in [1.807, 2.05) is 26.0 Å². The van der Waals surface area contributed by atoms with Gasteiger partial charge in [-0.25, -0.2) is 9.48 Å². The van der Waals surface area contributed by atoms with Gasteiger partial charge in [-0.2, -0.15) is 5.10 Å². The summed E-state index contributed by atoms with van der Waals surface area (Å²) in [5, 5.41) is 10.7. The van der Waals surface area contributed by atoms with Crippen molar-refractivity contribution in [2.45, 2.75) is 19.8 Å². The molecule has 0 aliphatic carbocycles. The highest BCUT2D eigenvalue weighted by molar-refractivity contribution is 6.30. The molecule has 6 nitrogen and oxygen atoms in total. The second-order valence-electron chi connectivity index (χ2n) is 6.32. The maximum Gasteiger partial charge on any atom is 0.324 e. The van der Waals surface area contributed by atoms with E-state index in [2.05, 4.69) is 15.7 Å². The van der Waals surface area contributed by atoms with Crippen molar-refractivity contribution in [2.24, 2.45) is 0 Å². The van der Waals surface area contributed by atoms with Crippen LogP contribution in [0.1, 0.15) is 35.8 Å². The zero-order valence-corrected chi connectivity index (χ0v) is 15.7. The molecule has 0 aliphatic rings. The molecule has 2 aromatic carbocycles. The fourth-order valence-electron chi connectivity index (χ4n) is 2.51. The second-order valence-corrected chi connectivity index (χ2v) is 6.76. The number of amides is 2. The average Bonchev–Trinajstić information content (AvgIpc) is 3.07. The van der Waals surface area contributed by atoms with Crippen LogP contribution in [0.3, 0.4) is 0 Å². The molecule has 0 aliphatic heterocycles. The summed E-state index contributed by atoms with van der Waals surface area (Å²) in [4.78, 5) is 23.5. The Morgan fingerprint density at radius 2 is 1.85 bits per heavy atom. The number of hydrogen-bond acceptors (Lipinski definition) is 3. The number of rotatable bonds is 5. The summed E-state index contributed by atoms with van der Waals surface area (Å²) in [6, 6.07) is 15.3. The summed E-state index contributed by atoms with van der Waals surface area (Å²) in [6.07, 6.45) is 0.775. The number of nitrogens with zero attached hydrogens (tertiary/aromatic N) is 2. The monoisotopic (exact) mass is 382 g/mol. The number of carbonyl (C=O) groups excluding carboxylic acids is 2. The van der Waals surface area contributed by atoms with Crippen LogP contribution in [0.5, 0.6) is 0 Å². The van der Waals surface area contributed by atoms with Gasteiger partial charge in [-0.15, -0.1) is 0 Å². The molecule has 0 saturated heterocycles. The van der Waals surface area contributed by atoms with Crippen molar-refractivity contribution in [3.05, 3.63) is 70.9 Å². The predicted molar refractivity (Wildman–Crippen MR) is 107 cm³/mol. The Balaban J connectivity index is 1.88. The first-order valence-electron chi connectivity index (χ1n) is 8.45. The van der Waals surface area contributed by atoms with Gasteiger partial charge in [0.2, 0.25) is 0 Å². The lowest BCUT2D eigenvalue weighted by Crippen LogP contribution is -2.21. The molecular formula is C20H19ClN4O2. The van der Waals surface area contributed by atoms with Gasteiger partial charge in [-0.3, -0.25) is 10.1 Å². The third kappa shape index (κ3) is 4.54. The second kappa shape index (κ2) is 8.05. The third-order valence-corrected chi connectivity index (χ3v) is 4.17. The molecule has 2 amide bonds. The van der Waals surface area contributed by atoms with Crippen molar-refractivity contribution >= 4 is 35.4 Å². The average molecular weight is 383 g/mol. The highest BCUT2D eigenvalue weighted by Crippen LogP contribution is 2.23. The third-order valence-electron chi connectivity index (χ3n) is 3.91. The van der Waals surface area contributed by atoms with E-state index >= 15 is 0 Å². The summed E-state index contributed by atoms with van der Waals surface area (Å²) >= 11 is 5.86. The minimum Gasteiger partial charge on any atom is -0.308 e. The van der Waals surface area contributed by atoms with E-state index in [0.29, 0.717) is 27.8 Å². The summed E-state index contributed by atoms with van der Waals surface area (Å²) in [5.41, 5.74) is 2.67. The van der Waals surface area contributed by atoms with Gasteiger partial charge in [0.05, 0.1) is 11.4 Å². The van der Waals surface area contributed by atoms with Gasteiger partial charge in [0.1, 0.15) is 12.1 Å². The molecule has 0 atom stereocenters. The lowest BCUT2D eigenvalue weighted by atomic mass is 10.1. The van der Waals surface area contributed by atoms with Gasteiger partial charge in [0.25, 0.3) is 0 Å². The number of nitrogens with one attached hydrogen (secondary N) is 2. The molecular weight excluding hydrogens is 364 g/mol. The first-order valence-corrected chi connectivity index (χ1v) is 8.83. The Bertz CT molecular complexity index is 964. The van der Waals surface area contributed by atoms with Crippen LogP contribution in [0.15, 0.2) is 54.6 Å². The molecule has 1 heterocycles. The van der Waals surface area contributed by atoms with Crippen LogP contribution in [0, 0.1) is 0 Å². The molecule has 138 valence electrons. The molecule has 7 heteroatoms. The zero-order chi connectivity index (χ0) is 19.4. The number of aromatic nitrogens is 2. The van der Waals surface area contributed by atoms with E-state index in [0.717, 1.165) is 12.0 Å². The highest BCUT2D eigenvalue weighted by Gasteiger charge is 2.15. The molecule has 2 N–H and O–H groups in total. The van der Waals surface area contributed by atoms with Crippen LogP contribution < -0.4 is 10.6 Å². The van der Waals surface area contributed by atoms with E-state index in [1.54, 1.807) is 47.1 Å². The Labute approximate surface area is 162 Å². The lowest BCUT2D eigenvalue weighted by Gasteiger charge is -2.10. The number of urea groups is 1. The molecule has 0 bridgehead atoms. The quantitative estimate of drug-likeness (QED) is 0.602. The Morgan fingerprint density at radius 1 is 1.11 bits per heavy atom. The smallest absolute Gasteiger partial charge is 0.308 e. The van der Waals surface area contributed by atoms with E-state index in [-0.39, 0.29) is 5.92 Å². The van der Waals surface area contributed by atoms with E-state index in [4.69, 9.17) is 11.6 Å². The number of halogens is 1. The summed E-state index contributed by atoms with van der Waals surface area (Å²) < 4.78 is 1.61. The van der Waals surface area contributed by atoms with Crippen LogP contribution in [-0.2, 0) is 0 Å². The van der Waals surface area contributed by atoms with Gasteiger partial charge in [0, 0.05) is 22.3 Å². The van der Waals surface area contributed by atoms with Crippen molar-refractivity contribution in [3.63, 3.8) is 0 Å². The summed E-state index contributed by atoms with van der Waals surface area (Å²) in [6.45, 7) is 4.04. The van der Waals surface area contributed by atoms with Crippen molar-refractivity contribution in [3.8, 4) is 5.69 Å². The Morgan fingerprint density at radius 3 is 2.52 bits per heavy atom. The highest BCUT2D eigenvalue weighted by atomic mass is 35.5. The van der Waals surface area contributed by atoms with E-state index < -0.39 is 6.03 Å². The van der Waals surface area contributed by atoms with Crippen molar-refractivity contribution in [1.82, 2.24) is 9.78 Å². The minimum atomic E-state index is -0.402. The maximum atomic E-state index is 12.4. The van der Waals surface area contributed by atoms with Crippen LogP contribution in [0.2, 0.25) is 5.02 Å². The standard InChI is InChI=1S/C20H19ClN4O2/c1-13(2)18-11-19(23-20(27)22-16-8-6-15(21)7-9-16)25(24-18)17-5-3-4-14(10-17)12-26/h3-13H,1-2H3,(H2,22,23,27). The topological polar surface area (TPSA) is 76.0 Å². The van der Waals surface area contributed by atoms with Gasteiger partial charge in [0.15, 0.2) is 0 Å². The van der Waals surface area contributed by atoms with Crippen molar-refractivity contribution in [1.29, 1.82) is 0 Å². The molecule has 3 rings (SSSR count). The number of anilines is 2. The number of aldehydes is 1. The van der Waals surface area contributed by atoms with E-state index in [9.17, 15) is 9.59 Å². The molecule has 3 aromatic rings. The van der Waals surface area contributed by atoms with Crippen LogP contribution >= 0.6 is 11.6 Å². The molecule has 0 unspecified atom stereocenters. The predicted octanol–water partition coefficient (Wildman–Crippen LogP) is 5.11. The summed E-state index contributed by atoms with van der Waals surface area (Å²) in [7, 11) is 0. The largest absolute Gasteiger partial charge is 0.324 e. The number of benzene rings is 2. The van der Waals surface area contributed by atoms with Gasteiger partial charge in [-0.05, 0) is 42.3 Å². The van der Waals surface area contributed by atoms with Crippen molar-refractivity contribution in [2.75, 3.05) is 10.6 Å². The van der Waals surface area contributed by atoms with Crippen LogP contribution in [0.4, 0.5) is 16.3 Å². The van der Waals surface area contributed by atoms with Gasteiger partial charge < -0.3 is 5.32 Å². The lowest BCUT2D eigenvalue weighted by molar-refractivity contribution is 0.112. The van der Waals surface area contributed by atoms with Crippen molar-refractivity contribution < 1.29 is 9.59 Å². The number of carbonyl (C=O) groups is 2. The zero-order valence-electron chi connectivity index (χ0n) is 14.9. The number of hydrogen-bond donors (Lipinski definition) is 2. The first kappa shape index (κ1) is 18.7. The molecule has 1 aromatic heterocycles. The van der Waals surface area contributed by atoms with Gasteiger partial charge in [-0.1, -0.05) is 37.6 Å². The molecule has 0 fully saturated rings. The fraction of sp³-hybridized carbons (Fsp3) is 0.150. The van der Waals surface area contributed by atoms with Crippen LogP contribution in [-0.4, -0.2) is 22.1 Å². The normalized spacial score (nSPS) is 10.7. The van der Waals surface area contributed by atoms with Crippen LogP contribution in [0.25, 0.3) is 5.69 Å². The molecule has 27 heavy (non-hydrogen) atoms. The minimum absolute atomic E-state index is 0.181. The molecule has 0 spiro atoms.